The number of carbonyl (C=O) groups excluding carboxylic acids is 2. The minimum absolute atomic E-state index is 0.257. The molecule has 1 aliphatic rings. The summed E-state index contributed by atoms with van der Waals surface area (Å²) in [4.78, 5) is 24.2. The maximum Gasteiger partial charge on any atom is 0.327 e. The molecule has 1 fully saturated rings. The van der Waals surface area contributed by atoms with E-state index < -0.39 is 30.4 Å². The average molecular weight is 389 g/mol. The van der Waals surface area contributed by atoms with Crippen LogP contribution in [0.15, 0.2) is 12.2 Å². The van der Waals surface area contributed by atoms with Crippen LogP contribution in [0.3, 0.4) is 0 Å². The third kappa shape index (κ3) is 8.37. The van der Waals surface area contributed by atoms with Crippen molar-refractivity contribution in [3.05, 3.63) is 12.2 Å². The molecule has 1 rings (SSSR count). The lowest BCUT2D eigenvalue weighted by Gasteiger charge is -2.22. The van der Waals surface area contributed by atoms with Gasteiger partial charge in [0, 0.05) is 19.4 Å². The fourth-order valence-electron chi connectivity index (χ4n) is 3.22. The summed E-state index contributed by atoms with van der Waals surface area (Å²) in [7, 11) is 1.34. The van der Waals surface area contributed by atoms with E-state index in [1.165, 1.54) is 12.0 Å². The molecule has 1 saturated heterocycles. The van der Waals surface area contributed by atoms with Gasteiger partial charge in [0.25, 0.3) is 5.91 Å². The van der Waals surface area contributed by atoms with Crippen LogP contribution in [0.1, 0.15) is 71.1 Å². The second-order valence-electron chi connectivity index (χ2n) is 7.16. The number of ether oxygens (including phenoxy) is 1. The number of esters is 1. The Morgan fingerprint density at radius 1 is 1.30 bits per heavy atom. The van der Waals surface area contributed by atoms with Gasteiger partial charge in [-0.2, -0.15) is 8.78 Å². The highest BCUT2D eigenvalue weighted by Gasteiger charge is 2.52. The van der Waals surface area contributed by atoms with Gasteiger partial charge in [-0.3, -0.25) is 9.59 Å². The molecule has 0 aromatic carbocycles. The molecule has 2 atom stereocenters. The zero-order valence-electron chi connectivity index (χ0n) is 16.5. The molecule has 0 saturated carbocycles. The monoisotopic (exact) mass is 389 g/mol. The molecule has 0 bridgehead atoms. The molecule has 1 heterocycles. The van der Waals surface area contributed by atoms with E-state index in [2.05, 4.69) is 11.7 Å². The van der Waals surface area contributed by atoms with Gasteiger partial charge in [-0.15, -0.1) is 0 Å². The number of methoxy groups -OCH3 is 1. The summed E-state index contributed by atoms with van der Waals surface area (Å²) < 4.78 is 32.2. The van der Waals surface area contributed by atoms with Crippen LogP contribution >= 0.6 is 0 Å². The highest BCUT2D eigenvalue weighted by molar-refractivity contribution is 5.86. The van der Waals surface area contributed by atoms with Gasteiger partial charge in [-0.25, -0.2) is 0 Å². The van der Waals surface area contributed by atoms with Crippen LogP contribution in [0.5, 0.6) is 0 Å². The molecule has 0 aliphatic carbocycles. The Morgan fingerprint density at radius 2 is 2.00 bits per heavy atom. The first kappa shape index (κ1) is 23.5. The highest BCUT2D eigenvalue weighted by Crippen LogP contribution is 2.34. The minimum atomic E-state index is -3.34. The molecule has 0 radical (unpaired) electrons. The van der Waals surface area contributed by atoms with Crippen LogP contribution in [0, 0.1) is 0 Å². The molecule has 5 nitrogen and oxygen atoms in total. The van der Waals surface area contributed by atoms with Crippen molar-refractivity contribution in [3.63, 3.8) is 0 Å². The van der Waals surface area contributed by atoms with Gasteiger partial charge in [0.05, 0.1) is 19.3 Å². The summed E-state index contributed by atoms with van der Waals surface area (Å²) in [5.74, 6) is -4.73. The smallest absolute Gasteiger partial charge is 0.327 e. The minimum Gasteiger partial charge on any atom is -0.469 e. The highest BCUT2D eigenvalue weighted by atomic mass is 19.3. The Bertz CT molecular complexity index is 496. The number of rotatable bonds is 13. The van der Waals surface area contributed by atoms with Crippen molar-refractivity contribution >= 4 is 11.9 Å². The lowest BCUT2D eigenvalue weighted by molar-refractivity contribution is -0.148. The van der Waals surface area contributed by atoms with E-state index in [1.807, 2.05) is 0 Å². The van der Waals surface area contributed by atoms with Gasteiger partial charge in [0.2, 0.25) is 0 Å². The second kappa shape index (κ2) is 12.1. The standard InChI is InChI=1S/C20H33F2NO4/c1-3-4-7-10-17(24)13-12-16-15-20(21,22)19(26)23(16)14-9-6-5-8-11-18(25)27-2/h12-13,16-17,24H,3-11,14-15H2,1-2H3. The normalized spacial score (nSPS) is 20.4. The van der Waals surface area contributed by atoms with Crippen LogP contribution in [0.25, 0.3) is 0 Å². The van der Waals surface area contributed by atoms with Crippen molar-refractivity contribution in [2.24, 2.45) is 0 Å². The van der Waals surface area contributed by atoms with Gasteiger partial charge in [-0.05, 0) is 19.3 Å². The molecule has 0 spiro atoms. The number of carbonyl (C=O) groups is 2. The zero-order chi connectivity index (χ0) is 20.3. The third-order valence-corrected chi connectivity index (χ3v) is 4.86. The van der Waals surface area contributed by atoms with Crippen LogP contribution in [0.4, 0.5) is 8.78 Å². The lowest BCUT2D eigenvalue weighted by Crippen LogP contribution is -2.36. The Morgan fingerprint density at radius 3 is 2.67 bits per heavy atom. The Balaban J connectivity index is 2.45. The fourth-order valence-corrected chi connectivity index (χ4v) is 3.22. The van der Waals surface area contributed by atoms with Crippen molar-refractivity contribution in [1.29, 1.82) is 0 Å². The molecule has 1 N–H and O–H groups in total. The van der Waals surface area contributed by atoms with E-state index in [0.717, 1.165) is 32.1 Å². The van der Waals surface area contributed by atoms with Gasteiger partial charge in [-0.1, -0.05) is 51.2 Å². The van der Waals surface area contributed by atoms with E-state index in [-0.39, 0.29) is 12.5 Å². The van der Waals surface area contributed by atoms with E-state index >= 15 is 0 Å². The molecule has 0 aromatic rings. The number of amides is 1. The molecule has 156 valence electrons. The number of halogens is 2. The Kier molecular flexibility index (Phi) is 10.5. The first-order chi connectivity index (χ1) is 12.8. The maximum absolute atomic E-state index is 13.8. The van der Waals surface area contributed by atoms with Gasteiger partial charge in [0.1, 0.15) is 0 Å². The summed E-state index contributed by atoms with van der Waals surface area (Å²) >= 11 is 0. The Hall–Kier alpha value is -1.50. The number of aliphatic hydroxyl groups excluding tert-OH is 1. The third-order valence-electron chi connectivity index (χ3n) is 4.86. The summed E-state index contributed by atoms with van der Waals surface area (Å²) in [6.45, 7) is 2.33. The van der Waals surface area contributed by atoms with Crippen molar-refractivity contribution in [2.45, 2.75) is 89.2 Å². The van der Waals surface area contributed by atoms with E-state index in [4.69, 9.17) is 0 Å². The molecule has 27 heavy (non-hydrogen) atoms. The predicted molar refractivity (Wildman–Crippen MR) is 99.5 cm³/mol. The zero-order valence-corrected chi connectivity index (χ0v) is 16.5. The summed E-state index contributed by atoms with van der Waals surface area (Å²) in [6.07, 6.45) is 8.61. The van der Waals surface area contributed by atoms with Gasteiger partial charge < -0.3 is 14.7 Å². The van der Waals surface area contributed by atoms with E-state index in [0.29, 0.717) is 25.7 Å². The van der Waals surface area contributed by atoms with Crippen molar-refractivity contribution in [1.82, 2.24) is 4.90 Å². The predicted octanol–water partition coefficient (Wildman–Crippen LogP) is 3.84. The number of alkyl halides is 2. The molecule has 0 aromatic heterocycles. The number of aliphatic hydroxyl groups is 1. The second-order valence-corrected chi connectivity index (χ2v) is 7.16. The van der Waals surface area contributed by atoms with Crippen molar-refractivity contribution < 1.29 is 28.2 Å². The maximum atomic E-state index is 13.8. The molecule has 7 heteroatoms. The number of unbranched alkanes of at least 4 members (excludes halogenated alkanes) is 5. The van der Waals surface area contributed by atoms with Gasteiger partial charge >= 0.3 is 11.9 Å². The summed E-state index contributed by atoms with van der Waals surface area (Å²) in [5, 5.41) is 9.94. The number of hydrogen-bond donors (Lipinski definition) is 1. The van der Waals surface area contributed by atoms with Crippen molar-refractivity contribution in [2.75, 3.05) is 13.7 Å². The van der Waals surface area contributed by atoms with Crippen LogP contribution < -0.4 is 0 Å². The first-order valence-corrected chi connectivity index (χ1v) is 9.94. The van der Waals surface area contributed by atoms with Crippen LogP contribution in [0.2, 0.25) is 0 Å². The number of likely N-dealkylation sites (tertiary alicyclic amines) is 1. The van der Waals surface area contributed by atoms with Crippen LogP contribution in [-0.2, 0) is 14.3 Å². The summed E-state index contributed by atoms with van der Waals surface area (Å²) in [6, 6.07) is -0.677. The number of hydrogen-bond acceptors (Lipinski definition) is 4. The Labute approximate surface area is 160 Å². The molecule has 2 unspecified atom stereocenters. The largest absolute Gasteiger partial charge is 0.469 e. The SMILES string of the molecule is CCCCCC(O)C=CC1CC(F)(F)C(=O)N1CCCCCCC(=O)OC. The molecular weight excluding hydrogens is 356 g/mol. The number of nitrogens with zero attached hydrogens (tertiary/aromatic N) is 1. The lowest BCUT2D eigenvalue weighted by atomic mass is 10.1. The quantitative estimate of drug-likeness (QED) is 0.295. The van der Waals surface area contributed by atoms with E-state index in [9.17, 15) is 23.5 Å². The average Bonchev–Trinajstić information content (AvgIpc) is 2.85. The topological polar surface area (TPSA) is 66.8 Å². The van der Waals surface area contributed by atoms with Gasteiger partial charge in [0.15, 0.2) is 0 Å². The first-order valence-electron chi connectivity index (χ1n) is 9.94. The fraction of sp³-hybridized carbons (Fsp3) is 0.800. The molecule has 1 aliphatic heterocycles. The van der Waals surface area contributed by atoms with E-state index in [1.54, 1.807) is 12.2 Å². The van der Waals surface area contributed by atoms with Crippen molar-refractivity contribution in [3.8, 4) is 0 Å². The molecule has 1 amide bonds. The molecular formula is C20H33F2NO4. The summed E-state index contributed by atoms with van der Waals surface area (Å²) in [5.41, 5.74) is 0. The van der Waals surface area contributed by atoms with Crippen LogP contribution in [-0.4, -0.2) is 53.6 Å².